The van der Waals surface area contributed by atoms with Crippen LogP contribution in [0.4, 0.5) is 4.39 Å². The Balaban J connectivity index is 2.17. The van der Waals surface area contributed by atoms with Crippen LogP contribution in [0.15, 0.2) is 42.5 Å². The van der Waals surface area contributed by atoms with Gasteiger partial charge < -0.3 is 15.0 Å². The molecule has 0 aliphatic carbocycles. The molecule has 0 bridgehead atoms. The minimum Gasteiger partial charge on any atom is -0.484 e. The molecule has 30 heavy (non-hydrogen) atoms. The Morgan fingerprint density at radius 3 is 2.27 bits per heavy atom. The molecule has 0 saturated carbocycles. The van der Waals surface area contributed by atoms with Crippen molar-refractivity contribution in [2.24, 2.45) is 0 Å². The first-order valence-electron chi connectivity index (χ1n) is 10.0. The maximum atomic E-state index is 13.3. The average Bonchev–Trinajstić information content (AvgIpc) is 2.66. The topological polar surface area (TPSA) is 58.6 Å². The second-order valence-corrected chi connectivity index (χ2v) is 8.60. The molecule has 0 fully saturated rings. The van der Waals surface area contributed by atoms with Crippen LogP contribution < -0.4 is 10.1 Å². The predicted octanol–water partition coefficient (Wildman–Crippen LogP) is 4.15. The van der Waals surface area contributed by atoms with Crippen LogP contribution in [0.5, 0.6) is 5.75 Å². The van der Waals surface area contributed by atoms with Crippen LogP contribution in [-0.2, 0) is 16.1 Å². The normalized spacial score (nSPS) is 12.2. The smallest absolute Gasteiger partial charge is 0.261 e. The molecule has 0 aromatic heterocycles. The highest BCUT2D eigenvalue weighted by Crippen LogP contribution is 2.17. The van der Waals surface area contributed by atoms with Gasteiger partial charge in [0.2, 0.25) is 5.91 Å². The number of rotatable bonds is 7. The molecule has 0 radical (unpaired) electrons. The number of nitrogens with zero attached hydrogens (tertiary/aromatic N) is 1. The van der Waals surface area contributed by atoms with Crippen molar-refractivity contribution in [2.75, 3.05) is 6.61 Å². The van der Waals surface area contributed by atoms with Gasteiger partial charge in [0.25, 0.3) is 5.91 Å². The second-order valence-electron chi connectivity index (χ2n) is 8.60. The van der Waals surface area contributed by atoms with E-state index >= 15 is 0 Å². The van der Waals surface area contributed by atoms with Crippen LogP contribution >= 0.6 is 0 Å². The number of amides is 2. The van der Waals surface area contributed by atoms with Gasteiger partial charge in [0.1, 0.15) is 17.6 Å². The van der Waals surface area contributed by atoms with Crippen molar-refractivity contribution in [2.45, 2.75) is 59.7 Å². The van der Waals surface area contributed by atoms with E-state index in [0.717, 1.165) is 16.7 Å². The Morgan fingerprint density at radius 2 is 1.70 bits per heavy atom. The molecule has 0 saturated heterocycles. The summed E-state index contributed by atoms with van der Waals surface area (Å²) in [5.41, 5.74) is 2.51. The Kier molecular flexibility index (Phi) is 7.59. The van der Waals surface area contributed by atoms with Crippen LogP contribution in [-0.4, -0.2) is 34.9 Å². The summed E-state index contributed by atoms with van der Waals surface area (Å²) in [7, 11) is 0. The fourth-order valence-corrected chi connectivity index (χ4v) is 2.87. The van der Waals surface area contributed by atoms with Crippen LogP contribution in [0.2, 0.25) is 0 Å². The van der Waals surface area contributed by atoms with E-state index in [2.05, 4.69) is 5.32 Å². The SMILES string of the molecule is Cc1ccc(OCC(=O)N(Cc2ccc(F)cc2)[C@H](C)C(=O)NC(C)(C)C)cc1C. The third-order valence-electron chi connectivity index (χ3n) is 4.77. The van der Waals surface area contributed by atoms with Gasteiger partial charge in [-0.05, 0) is 82.5 Å². The summed E-state index contributed by atoms with van der Waals surface area (Å²) in [5, 5.41) is 2.90. The standard InChI is InChI=1S/C24H31FN2O3/c1-16-7-12-21(13-17(16)2)30-15-22(28)27(14-19-8-10-20(25)11-9-19)18(3)23(29)26-24(4,5)6/h7-13,18H,14-15H2,1-6H3,(H,26,29)/t18-/m1/s1. The minimum atomic E-state index is -0.717. The number of carbonyl (C=O) groups is 2. The van der Waals surface area contributed by atoms with E-state index < -0.39 is 11.6 Å². The van der Waals surface area contributed by atoms with Gasteiger partial charge >= 0.3 is 0 Å². The quantitative estimate of drug-likeness (QED) is 0.740. The van der Waals surface area contributed by atoms with E-state index in [9.17, 15) is 14.0 Å². The molecule has 5 nitrogen and oxygen atoms in total. The first-order valence-corrected chi connectivity index (χ1v) is 10.0. The maximum absolute atomic E-state index is 13.3. The average molecular weight is 415 g/mol. The summed E-state index contributed by atoms with van der Waals surface area (Å²) >= 11 is 0. The molecule has 0 unspecified atom stereocenters. The van der Waals surface area contributed by atoms with Gasteiger partial charge in [-0.2, -0.15) is 0 Å². The maximum Gasteiger partial charge on any atom is 0.261 e. The van der Waals surface area contributed by atoms with Gasteiger partial charge in [0.05, 0.1) is 0 Å². The summed E-state index contributed by atoms with van der Waals surface area (Å²) in [6.45, 7) is 11.3. The highest BCUT2D eigenvalue weighted by Gasteiger charge is 2.28. The van der Waals surface area contributed by atoms with Crippen molar-refractivity contribution in [3.63, 3.8) is 0 Å². The zero-order valence-corrected chi connectivity index (χ0v) is 18.6. The number of carbonyl (C=O) groups excluding carboxylic acids is 2. The van der Waals surface area contributed by atoms with Gasteiger partial charge in [-0.15, -0.1) is 0 Å². The zero-order chi connectivity index (χ0) is 22.5. The van der Waals surface area contributed by atoms with Crippen LogP contribution in [0.3, 0.4) is 0 Å². The highest BCUT2D eigenvalue weighted by molar-refractivity contribution is 5.88. The van der Waals surface area contributed by atoms with E-state index in [1.165, 1.54) is 17.0 Å². The number of benzene rings is 2. The van der Waals surface area contributed by atoms with Crippen LogP contribution in [0.25, 0.3) is 0 Å². The fourth-order valence-electron chi connectivity index (χ4n) is 2.87. The van der Waals surface area contributed by atoms with Gasteiger partial charge in [-0.1, -0.05) is 18.2 Å². The lowest BCUT2D eigenvalue weighted by Crippen LogP contribution is -2.53. The van der Waals surface area contributed by atoms with E-state index in [-0.39, 0.29) is 30.8 Å². The van der Waals surface area contributed by atoms with Crippen LogP contribution in [0, 0.1) is 19.7 Å². The lowest BCUT2D eigenvalue weighted by molar-refractivity contribution is -0.142. The first-order chi connectivity index (χ1) is 14.0. The molecular formula is C24H31FN2O3. The number of hydrogen-bond acceptors (Lipinski definition) is 3. The van der Waals surface area contributed by atoms with Crippen molar-refractivity contribution in [3.05, 3.63) is 65.0 Å². The van der Waals surface area contributed by atoms with Crippen molar-refractivity contribution in [1.29, 1.82) is 0 Å². The summed E-state index contributed by atoms with van der Waals surface area (Å²) in [6, 6.07) is 10.8. The van der Waals surface area contributed by atoms with Gasteiger partial charge in [0, 0.05) is 12.1 Å². The summed E-state index contributed by atoms with van der Waals surface area (Å²) < 4.78 is 18.9. The number of halogens is 1. The van der Waals surface area contributed by atoms with Gasteiger partial charge in [0.15, 0.2) is 6.61 Å². The molecule has 0 heterocycles. The molecule has 0 aliphatic heterocycles. The van der Waals surface area contributed by atoms with Gasteiger partial charge in [-0.25, -0.2) is 4.39 Å². The van der Waals surface area contributed by atoms with Crippen molar-refractivity contribution >= 4 is 11.8 Å². The Morgan fingerprint density at radius 1 is 1.07 bits per heavy atom. The highest BCUT2D eigenvalue weighted by atomic mass is 19.1. The molecule has 2 amide bonds. The third-order valence-corrected chi connectivity index (χ3v) is 4.77. The molecule has 2 aromatic carbocycles. The number of ether oxygens (including phenoxy) is 1. The van der Waals surface area contributed by atoms with E-state index in [1.54, 1.807) is 19.1 Å². The fraction of sp³-hybridized carbons (Fsp3) is 0.417. The molecule has 2 aromatic rings. The monoisotopic (exact) mass is 414 g/mol. The molecule has 1 atom stereocenters. The lowest BCUT2D eigenvalue weighted by Gasteiger charge is -2.31. The van der Waals surface area contributed by atoms with Crippen molar-refractivity contribution in [3.8, 4) is 5.75 Å². The third kappa shape index (κ3) is 6.87. The van der Waals surface area contributed by atoms with Crippen molar-refractivity contribution in [1.82, 2.24) is 10.2 Å². The summed E-state index contributed by atoms with van der Waals surface area (Å²) in [4.78, 5) is 27.2. The van der Waals surface area contributed by atoms with E-state index in [1.807, 2.05) is 52.8 Å². The molecular weight excluding hydrogens is 383 g/mol. The predicted molar refractivity (Wildman–Crippen MR) is 116 cm³/mol. The molecule has 6 heteroatoms. The summed E-state index contributed by atoms with van der Waals surface area (Å²) in [5.74, 6) is -0.341. The molecule has 162 valence electrons. The Bertz CT molecular complexity index is 888. The minimum absolute atomic E-state index is 0.175. The van der Waals surface area contributed by atoms with Crippen molar-refractivity contribution < 1.29 is 18.7 Å². The largest absolute Gasteiger partial charge is 0.484 e. The number of aryl methyl sites for hydroxylation is 2. The number of nitrogens with one attached hydrogen (secondary N) is 1. The zero-order valence-electron chi connectivity index (χ0n) is 18.6. The molecule has 0 aliphatic rings. The molecule has 1 N–H and O–H groups in total. The number of hydrogen-bond donors (Lipinski definition) is 1. The second kappa shape index (κ2) is 9.74. The summed E-state index contributed by atoms with van der Waals surface area (Å²) in [6.07, 6.45) is 0. The first kappa shape index (κ1) is 23.4. The lowest BCUT2D eigenvalue weighted by atomic mass is 10.1. The molecule has 2 rings (SSSR count). The van der Waals surface area contributed by atoms with E-state index in [4.69, 9.17) is 4.74 Å². The molecule has 0 spiro atoms. The van der Waals surface area contributed by atoms with Crippen LogP contribution in [0.1, 0.15) is 44.4 Å². The Hall–Kier alpha value is -2.89. The van der Waals surface area contributed by atoms with Gasteiger partial charge in [-0.3, -0.25) is 9.59 Å². The van der Waals surface area contributed by atoms with E-state index in [0.29, 0.717) is 5.75 Å². The Labute approximate surface area is 178 Å².